The molecule has 2 fully saturated rings. The van der Waals surface area contributed by atoms with Crippen molar-refractivity contribution in [2.24, 2.45) is 0 Å². The second kappa shape index (κ2) is 12.8. The third kappa shape index (κ3) is 7.07. The van der Waals surface area contributed by atoms with Crippen molar-refractivity contribution in [1.82, 2.24) is 10.6 Å². The molecule has 0 bridgehead atoms. The Hall–Kier alpha value is -1.56. The molecule has 0 aromatic heterocycles. The number of nitrogens with one attached hydrogen (secondary N) is 2. The van der Waals surface area contributed by atoms with Crippen LogP contribution in [0.25, 0.3) is 22.3 Å². The average molecular weight is 573 g/mol. The van der Waals surface area contributed by atoms with Crippen molar-refractivity contribution in [2.45, 2.75) is 88.3 Å². The molecule has 40 heavy (non-hydrogen) atoms. The van der Waals surface area contributed by atoms with Crippen LogP contribution in [0.1, 0.15) is 65.5 Å². The summed E-state index contributed by atoms with van der Waals surface area (Å²) in [6.45, 7) is 19.6. The fraction of sp³-hybridized carbons (Fsp3) is 0.500. The molecule has 2 heterocycles. The first-order chi connectivity index (χ1) is 19.1. The first-order valence-electron chi connectivity index (χ1n) is 15.3. The molecule has 0 amide bonds. The van der Waals surface area contributed by atoms with Crippen LogP contribution in [0.3, 0.4) is 0 Å². The Kier molecular flexibility index (Phi) is 9.54. The average Bonchev–Trinajstić information content (AvgIpc) is 3.65. The summed E-state index contributed by atoms with van der Waals surface area (Å²) in [5.74, 6) is 0. The van der Waals surface area contributed by atoms with Crippen LogP contribution in [-0.4, -0.2) is 47.8 Å². The van der Waals surface area contributed by atoms with Gasteiger partial charge in [0.1, 0.15) is 0 Å². The lowest BCUT2D eigenvalue weighted by Crippen LogP contribution is -2.26. The molecule has 0 aliphatic carbocycles. The van der Waals surface area contributed by atoms with Gasteiger partial charge in [0.15, 0.2) is 0 Å². The fourth-order valence-corrected chi connectivity index (χ4v) is 14.0. The number of benzene rings is 3. The van der Waals surface area contributed by atoms with E-state index in [4.69, 9.17) is 0 Å². The molecule has 2 aliphatic heterocycles. The zero-order valence-corrected chi connectivity index (χ0v) is 27.4. The third-order valence-corrected chi connectivity index (χ3v) is 16.2. The molecule has 4 heteroatoms. The van der Waals surface area contributed by atoms with Gasteiger partial charge in [-0.25, -0.2) is 0 Å². The summed E-state index contributed by atoms with van der Waals surface area (Å²) >= 11 is 0. The van der Waals surface area contributed by atoms with E-state index in [2.05, 4.69) is 125 Å². The van der Waals surface area contributed by atoms with Gasteiger partial charge in [-0.1, -0.05) is 118 Å². The van der Waals surface area contributed by atoms with E-state index in [0.717, 1.165) is 11.3 Å². The molecule has 2 N–H and O–H groups in total. The summed E-state index contributed by atoms with van der Waals surface area (Å²) in [4.78, 5) is 0. The first-order valence-corrected chi connectivity index (χ1v) is 18.5. The second-order valence-electron chi connectivity index (χ2n) is 13.8. The van der Waals surface area contributed by atoms with Gasteiger partial charge in [0.25, 0.3) is 0 Å². The topological polar surface area (TPSA) is 24.1 Å². The van der Waals surface area contributed by atoms with Gasteiger partial charge in [-0.3, -0.25) is 0 Å². The van der Waals surface area contributed by atoms with E-state index in [1.54, 1.807) is 11.1 Å². The molecule has 5 rings (SSSR count). The van der Waals surface area contributed by atoms with E-state index in [1.807, 2.05) is 0 Å². The molecule has 3 aromatic rings. The van der Waals surface area contributed by atoms with E-state index in [9.17, 15) is 0 Å². The van der Waals surface area contributed by atoms with Crippen molar-refractivity contribution in [3.63, 3.8) is 0 Å². The van der Waals surface area contributed by atoms with Gasteiger partial charge in [-0.2, -0.15) is 0 Å². The van der Waals surface area contributed by atoms with E-state index in [-0.39, 0.29) is 15.8 Å². The SMILES string of the molecule is CC(C)(C)P(Cc1cc(-c2ccccc2)c(-c2ccccc2)cc1CP(C1CCNC1)C1CCNC1)C(C)(C)C. The zero-order valence-electron chi connectivity index (χ0n) is 25.6. The van der Waals surface area contributed by atoms with Crippen LogP contribution < -0.4 is 10.6 Å². The maximum Gasteiger partial charge on any atom is 0.00196 e. The lowest BCUT2D eigenvalue weighted by atomic mass is 9.91. The van der Waals surface area contributed by atoms with Crippen molar-refractivity contribution >= 4 is 15.8 Å². The highest BCUT2D eigenvalue weighted by atomic mass is 31.1. The molecule has 2 saturated heterocycles. The summed E-state index contributed by atoms with van der Waals surface area (Å²) < 4.78 is 0. The minimum absolute atomic E-state index is 0.0996. The Morgan fingerprint density at radius 2 is 1.05 bits per heavy atom. The van der Waals surface area contributed by atoms with Crippen molar-refractivity contribution < 1.29 is 0 Å². The van der Waals surface area contributed by atoms with Gasteiger partial charge >= 0.3 is 0 Å². The molecule has 0 saturated carbocycles. The van der Waals surface area contributed by atoms with Gasteiger partial charge in [0, 0.05) is 13.1 Å². The minimum atomic E-state index is -0.243. The summed E-state index contributed by atoms with van der Waals surface area (Å²) in [5, 5.41) is 8.02. The van der Waals surface area contributed by atoms with E-state index in [1.165, 1.54) is 73.6 Å². The van der Waals surface area contributed by atoms with Crippen molar-refractivity contribution in [3.8, 4) is 22.3 Å². The maximum absolute atomic E-state index is 3.72. The number of hydrogen-bond acceptors (Lipinski definition) is 2. The van der Waals surface area contributed by atoms with E-state index < -0.39 is 0 Å². The van der Waals surface area contributed by atoms with Crippen molar-refractivity contribution in [3.05, 3.63) is 83.9 Å². The molecular weight excluding hydrogens is 522 g/mol. The summed E-state index contributed by atoms with van der Waals surface area (Å²) in [7, 11) is -0.343. The number of hydrogen-bond donors (Lipinski definition) is 2. The molecule has 214 valence electrons. The van der Waals surface area contributed by atoms with Crippen molar-refractivity contribution in [2.75, 3.05) is 26.2 Å². The molecule has 2 aliphatic rings. The highest BCUT2D eigenvalue weighted by molar-refractivity contribution is 7.60. The van der Waals surface area contributed by atoms with Crippen LogP contribution >= 0.6 is 15.8 Å². The van der Waals surface area contributed by atoms with Gasteiger partial charge in [-0.15, -0.1) is 0 Å². The maximum atomic E-state index is 3.72. The summed E-state index contributed by atoms with van der Waals surface area (Å²) in [6, 6.07) is 27.5. The van der Waals surface area contributed by atoms with Gasteiger partial charge in [0.2, 0.25) is 0 Å². The number of rotatable bonds is 8. The van der Waals surface area contributed by atoms with Crippen LogP contribution in [0, 0.1) is 0 Å². The van der Waals surface area contributed by atoms with Crippen LogP contribution in [0.5, 0.6) is 0 Å². The van der Waals surface area contributed by atoms with Gasteiger partial charge in [0.05, 0.1) is 0 Å². The fourth-order valence-electron chi connectivity index (χ4n) is 6.95. The first kappa shape index (κ1) is 29.9. The molecule has 0 spiro atoms. The largest absolute Gasteiger partial charge is 0.316 e. The lowest BCUT2D eigenvalue weighted by molar-refractivity contribution is 0.702. The monoisotopic (exact) mass is 572 g/mol. The molecule has 2 atom stereocenters. The second-order valence-corrected chi connectivity index (χ2v) is 20.5. The summed E-state index contributed by atoms with van der Waals surface area (Å²) in [5.41, 5.74) is 10.4. The van der Waals surface area contributed by atoms with Crippen LogP contribution in [0.15, 0.2) is 72.8 Å². The third-order valence-electron chi connectivity index (χ3n) is 8.82. The lowest BCUT2D eigenvalue weighted by Gasteiger charge is -2.42. The highest BCUT2D eigenvalue weighted by Gasteiger charge is 2.37. The molecule has 2 unspecified atom stereocenters. The Morgan fingerprint density at radius 3 is 1.43 bits per heavy atom. The minimum Gasteiger partial charge on any atom is -0.316 e. The normalized spacial score (nSPS) is 20.8. The molecule has 2 nitrogen and oxygen atoms in total. The van der Waals surface area contributed by atoms with Gasteiger partial charge in [-0.05, 0) is 105 Å². The summed E-state index contributed by atoms with van der Waals surface area (Å²) in [6.07, 6.45) is 5.15. The van der Waals surface area contributed by atoms with Crippen molar-refractivity contribution in [1.29, 1.82) is 0 Å². The molecule has 0 radical (unpaired) electrons. The highest BCUT2D eigenvalue weighted by Crippen LogP contribution is 2.62. The quantitative estimate of drug-likeness (QED) is 0.263. The van der Waals surface area contributed by atoms with E-state index in [0.29, 0.717) is 10.3 Å². The zero-order chi connectivity index (χ0) is 28.3. The van der Waals surface area contributed by atoms with Crippen LogP contribution in [0.2, 0.25) is 0 Å². The smallest absolute Gasteiger partial charge is 0.00196 e. The Morgan fingerprint density at radius 1 is 0.625 bits per heavy atom. The molecular formula is C36H50N2P2. The Bertz CT molecular complexity index is 1200. The van der Waals surface area contributed by atoms with E-state index >= 15 is 0 Å². The predicted molar refractivity (Wildman–Crippen MR) is 181 cm³/mol. The van der Waals surface area contributed by atoms with Gasteiger partial charge < -0.3 is 10.6 Å². The predicted octanol–water partition coefficient (Wildman–Crippen LogP) is 9.31. The van der Waals surface area contributed by atoms with Crippen LogP contribution in [-0.2, 0) is 12.3 Å². The van der Waals surface area contributed by atoms with Crippen LogP contribution in [0.4, 0.5) is 0 Å². The molecule has 3 aromatic carbocycles. The Balaban J connectivity index is 1.67. The Labute approximate surface area is 246 Å². The standard InChI is InChI=1S/C36H50N2P2/c1-35(2,3)40(36(4,5)6)26-30-22-34(28-15-11-8-12-16-28)33(27-13-9-7-10-14-27)21-29(30)25-39(31-17-19-37-23-31)32-18-20-38-24-32/h7-16,21-22,31-32,37-38H,17-20,23-26H2,1-6H3.